The topological polar surface area (TPSA) is 97.0 Å². The summed E-state index contributed by atoms with van der Waals surface area (Å²) in [5.41, 5.74) is 0.273. The van der Waals surface area contributed by atoms with E-state index >= 15 is 0 Å². The minimum Gasteiger partial charge on any atom is -0.487 e. The van der Waals surface area contributed by atoms with Gasteiger partial charge in [0, 0.05) is 5.56 Å². The normalized spacial score (nSPS) is 15.5. The molecule has 1 aromatic carbocycles. The first-order chi connectivity index (χ1) is 11.4. The number of nitrogens with one attached hydrogen (secondary N) is 2. The van der Waals surface area contributed by atoms with Crippen molar-refractivity contribution in [3.05, 3.63) is 29.3 Å². The third-order valence-corrected chi connectivity index (χ3v) is 4.21. The van der Waals surface area contributed by atoms with Gasteiger partial charge in [-0.1, -0.05) is 18.7 Å². The predicted molar refractivity (Wildman–Crippen MR) is 90.8 cm³/mol. The van der Waals surface area contributed by atoms with Crippen molar-refractivity contribution in [1.82, 2.24) is 15.2 Å². The molecule has 0 unspecified atom stereocenters. The highest BCUT2D eigenvalue weighted by molar-refractivity contribution is 7.99. The average molecular weight is 346 g/mol. The van der Waals surface area contributed by atoms with Gasteiger partial charge < -0.3 is 4.74 Å². The van der Waals surface area contributed by atoms with Crippen LogP contribution in [-0.2, 0) is 0 Å². The number of anilines is 1. The Labute approximate surface area is 143 Å². The van der Waals surface area contributed by atoms with Gasteiger partial charge in [0.1, 0.15) is 11.4 Å². The summed E-state index contributed by atoms with van der Waals surface area (Å²) in [7, 11) is 0. The number of carbonyl (C=O) groups excluding carboxylic acids is 2. The van der Waals surface area contributed by atoms with Crippen molar-refractivity contribution in [2.75, 3.05) is 11.1 Å². The summed E-state index contributed by atoms with van der Waals surface area (Å²) in [5.74, 6) is 1.23. The maximum absolute atomic E-state index is 12.3. The zero-order valence-electron chi connectivity index (χ0n) is 13.7. The molecule has 0 spiro atoms. The van der Waals surface area contributed by atoms with Crippen molar-refractivity contribution in [3.63, 3.8) is 0 Å². The van der Waals surface area contributed by atoms with E-state index in [-0.39, 0.29) is 24.1 Å². The lowest BCUT2D eigenvalue weighted by molar-refractivity contribution is 0.0620. The molecule has 0 atom stereocenters. The molecule has 1 aromatic heterocycles. The summed E-state index contributed by atoms with van der Waals surface area (Å²) in [4.78, 5) is 28.8. The SMILES string of the molecule is CCSc1n[nH]c(NC(=O)c2ccc3c(c2)C(=O)CC(C)(C)O3)n1. The maximum Gasteiger partial charge on any atom is 0.258 e. The standard InChI is InChI=1S/C16H18N4O3S/c1-4-24-15-18-14(19-20-15)17-13(22)9-5-6-12-10(7-9)11(21)8-16(2,3)23-12/h5-7H,4,8H2,1-3H3,(H2,17,18,19,20,22). The number of H-pyrrole nitrogens is 1. The molecule has 126 valence electrons. The van der Waals surface area contributed by atoms with Crippen LogP contribution in [0.1, 0.15) is 47.9 Å². The number of amides is 1. The van der Waals surface area contributed by atoms with Gasteiger partial charge in [0.2, 0.25) is 11.1 Å². The highest BCUT2D eigenvalue weighted by Crippen LogP contribution is 2.33. The minimum atomic E-state index is -0.527. The first-order valence-electron chi connectivity index (χ1n) is 7.61. The molecule has 0 saturated carbocycles. The van der Waals surface area contributed by atoms with Crippen LogP contribution in [0.3, 0.4) is 0 Å². The fraction of sp³-hybridized carbons (Fsp3) is 0.375. The highest BCUT2D eigenvalue weighted by atomic mass is 32.2. The quantitative estimate of drug-likeness (QED) is 0.826. The summed E-state index contributed by atoms with van der Waals surface area (Å²) in [5, 5.41) is 9.87. The first-order valence-corrected chi connectivity index (χ1v) is 8.59. The highest BCUT2D eigenvalue weighted by Gasteiger charge is 2.32. The van der Waals surface area contributed by atoms with Crippen LogP contribution in [0.4, 0.5) is 5.95 Å². The molecule has 8 heteroatoms. The first kappa shape index (κ1) is 16.5. The van der Waals surface area contributed by atoms with Crippen molar-refractivity contribution in [2.24, 2.45) is 0 Å². The molecule has 2 heterocycles. The predicted octanol–water partition coefficient (Wildman–Crippen LogP) is 2.91. The van der Waals surface area contributed by atoms with Crippen LogP contribution in [0.25, 0.3) is 0 Å². The zero-order valence-corrected chi connectivity index (χ0v) is 14.5. The number of hydrogen-bond acceptors (Lipinski definition) is 6. The second kappa shape index (κ2) is 6.27. The number of benzene rings is 1. The van der Waals surface area contributed by atoms with Crippen LogP contribution in [0.5, 0.6) is 5.75 Å². The van der Waals surface area contributed by atoms with E-state index in [4.69, 9.17) is 4.74 Å². The van der Waals surface area contributed by atoms with E-state index in [9.17, 15) is 9.59 Å². The Morgan fingerprint density at radius 3 is 3.00 bits per heavy atom. The van der Waals surface area contributed by atoms with E-state index in [0.717, 1.165) is 5.75 Å². The average Bonchev–Trinajstić information content (AvgIpc) is 2.93. The van der Waals surface area contributed by atoms with Crippen LogP contribution in [-0.4, -0.2) is 38.2 Å². The number of hydrogen-bond donors (Lipinski definition) is 2. The van der Waals surface area contributed by atoms with Gasteiger partial charge in [-0.15, -0.1) is 5.10 Å². The van der Waals surface area contributed by atoms with Gasteiger partial charge in [-0.25, -0.2) is 5.10 Å². The molecule has 0 saturated heterocycles. The van der Waals surface area contributed by atoms with E-state index in [1.54, 1.807) is 18.2 Å². The molecule has 1 aliphatic heterocycles. The second-order valence-electron chi connectivity index (χ2n) is 6.03. The number of Topliss-reactive ketones (excluding diaryl/α,β-unsaturated/α-hetero) is 1. The fourth-order valence-corrected chi connectivity index (χ4v) is 2.99. The molecule has 7 nitrogen and oxygen atoms in total. The Morgan fingerprint density at radius 2 is 2.25 bits per heavy atom. The van der Waals surface area contributed by atoms with Gasteiger partial charge in [-0.2, -0.15) is 4.98 Å². The lowest BCUT2D eigenvalue weighted by Gasteiger charge is -2.31. The number of thioether (sulfide) groups is 1. The lowest BCUT2D eigenvalue weighted by Crippen LogP contribution is -2.36. The zero-order chi connectivity index (χ0) is 17.3. The number of fused-ring (bicyclic) bond motifs is 1. The number of ether oxygens (including phenoxy) is 1. The summed E-state index contributed by atoms with van der Waals surface area (Å²) in [6.07, 6.45) is 0.283. The number of ketones is 1. The van der Waals surface area contributed by atoms with E-state index < -0.39 is 5.60 Å². The van der Waals surface area contributed by atoms with Gasteiger partial charge in [0.15, 0.2) is 5.78 Å². The molecule has 0 radical (unpaired) electrons. The summed E-state index contributed by atoms with van der Waals surface area (Å²) in [6.45, 7) is 5.72. The Bertz CT molecular complexity index is 800. The largest absolute Gasteiger partial charge is 0.487 e. The molecule has 1 aliphatic rings. The van der Waals surface area contributed by atoms with Gasteiger partial charge in [-0.3, -0.25) is 14.9 Å². The van der Waals surface area contributed by atoms with Gasteiger partial charge in [0.25, 0.3) is 5.91 Å². The molecule has 3 rings (SSSR count). The van der Waals surface area contributed by atoms with Crippen LogP contribution in [0.2, 0.25) is 0 Å². The number of aromatic nitrogens is 3. The molecule has 0 bridgehead atoms. The van der Waals surface area contributed by atoms with Crippen LogP contribution in [0.15, 0.2) is 23.4 Å². The van der Waals surface area contributed by atoms with Crippen molar-refractivity contribution in [1.29, 1.82) is 0 Å². The molecular formula is C16H18N4O3S. The van der Waals surface area contributed by atoms with Gasteiger partial charge in [0.05, 0.1) is 12.0 Å². The Balaban J connectivity index is 1.78. The molecule has 1 amide bonds. The monoisotopic (exact) mass is 346 g/mol. The Morgan fingerprint density at radius 1 is 1.46 bits per heavy atom. The second-order valence-corrected chi connectivity index (χ2v) is 7.26. The summed E-state index contributed by atoms with van der Waals surface area (Å²) in [6, 6.07) is 4.84. The molecule has 2 N–H and O–H groups in total. The smallest absolute Gasteiger partial charge is 0.258 e. The Hall–Kier alpha value is -2.35. The van der Waals surface area contributed by atoms with E-state index in [1.807, 2.05) is 20.8 Å². The summed E-state index contributed by atoms with van der Waals surface area (Å²) < 4.78 is 5.79. The number of aromatic amines is 1. The van der Waals surface area contributed by atoms with E-state index in [0.29, 0.717) is 22.0 Å². The van der Waals surface area contributed by atoms with Crippen LogP contribution < -0.4 is 10.1 Å². The molecular weight excluding hydrogens is 328 g/mol. The minimum absolute atomic E-state index is 0.0304. The molecule has 2 aromatic rings. The number of nitrogens with zero attached hydrogens (tertiary/aromatic N) is 2. The summed E-state index contributed by atoms with van der Waals surface area (Å²) >= 11 is 1.47. The molecule has 0 fully saturated rings. The van der Waals surface area contributed by atoms with Gasteiger partial charge >= 0.3 is 0 Å². The Kier molecular flexibility index (Phi) is 4.31. The number of carbonyl (C=O) groups is 2. The van der Waals surface area contributed by atoms with E-state index in [2.05, 4.69) is 20.5 Å². The fourth-order valence-electron chi connectivity index (χ4n) is 2.47. The van der Waals surface area contributed by atoms with Gasteiger partial charge in [-0.05, 0) is 37.8 Å². The van der Waals surface area contributed by atoms with E-state index in [1.165, 1.54) is 11.8 Å². The van der Waals surface area contributed by atoms with Crippen molar-refractivity contribution in [2.45, 2.75) is 37.9 Å². The molecule has 24 heavy (non-hydrogen) atoms. The maximum atomic E-state index is 12.3. The van der Waals surface area contributed by atoms with Crippen molar-refractivity contribution in [3.8, 4) is 5.75 Å². The third kappa shape index (κ3) is 3.43. The third-order valence-electron chi connectivity index (χ3n) is 3.48. The van der Waals surface area contributed by atoms with Crippen molar-refractivity contribution >= 4 is 29.4 Å². The molecule has 0 aliphatic carbocycles. The van der Waals surface area contributed by atoms with Crippen LogP contribution >= 0.6 is 11.8 Å². The number of rotatable bonds is 4. The van der Waals surface area contributed by atoms with Crippen LogP contribution in [0, 0.1) is 0 Å². The van der Waals surface area contributed by atoms with Crippen molar-refractivity contribution < 1.29 is 14.3 Å². The lowest BCUT2D eigenvalue weighted by atomic mass is 9.92.